The number of ether oxygens (including phenoxy) is 1. The molecule has 1 fully saturated rings. The van der Waals surface area contributed by atoms with Crippen LogP contribution in [-0.2, 0) is 9.53 Å². The molecule has 3 N–H and O–H groups in total. The smallest absolute Gasteiger partial charge is 0.411 e. The molecule has 98 valence electrons. The zero-order valence-corrected chi connectivity index (χ0v) is 10.7. The molecule has 6 heteroatoms. The first-order chi connectivity index (χ1) is 7.56. The van der Waals surface area contributed by atoms with E-state index in [9.17, 15) is 14.7 Å². The zero-order chi connectivity index (χ0) is 13.4. The summed E-state index contributed by atoms with van der Waals surface area (Å²) in [5, 5.41) is 9.20. The number of hydrogen-bond donors (Lipinski definition) is 2. The van der Waals surface area contributed by atoms with Gasteiger partial charge in [-0.05, 0) is 34.1 Å². The van der Waals surface area contributed by atoms with E-state index in [0.717, 1.165) is 0 Å². The Bertz CT molecular complexity index is 337. The molecule has 1 aliphatic heterocycles. The number of carbonyl (C=O) groups is 2. The zero-order valence-electron chi connectivity index (χ0n) is 10.7. The van der Waals surface area contributed by atoms with Crippen molar-refractivity contribution in [2.45, 2.75) is 51.3 Å². The molecule has 0 spiro atoms. The van der Waals surface area contributed by atoms with Gasteiger partial charge in [-0.15, -0.1) is 0 Å². The average Bonchev–Trinajstić information content (AvgIpc) is 2.40. The summed E-state index contributed by atoms with van der Waals surface area (Å²) >= 11 is 0. The summed E-state index contributed by atoms with van der Waals surface area (Å²) in [6.45, 7) is 6.90. The molecule has 6 nitrogen and oxygen atoms in total. The Hall–Kier alpha value is -1.30. The van der Waals surface area contributed by atoms with Crippen LogP contribution in [-0.4, -0.2) is 45.8 Å². The molecule has 0 aliphatic carbocycles. The van der Waals surface area contributed by atoms with Crippen LogP contribution in [0.4, 0.5) is 4.79 Å². The lowest BCUT2D eigenvalue weighted by atomic mass is 9.98. The van der Waals surface area contributed by atoms with Gasteiger partial charge in [-0.1, -0.05) is 0 Å². The van der Waals surface area contributed by atoms with Crippen molar-refractivity contribution in [2.24, 2.45) is 5.73 Å². The predicted molar refractivity (Wildman–Crippen MR) is 61.6 cm³/mol. The van der Waals surface area contributed by atoms with E-state index in [0.29, 0.717) is 0 Å². The van der Waals surface area contributed by atoms with Crippen LogP contribution in [0.1, 0.15) is 34.1 Å². The van der Waals surface area contributed by atoms with Crippen LogP contribution < -0.4 is 5.73 Å². The Morgan fingerprint density at radius 1 is 1.47 bits per heavy atom. The van der Waals surface area contributed by atoms with Crippen LogP contribution in [0.15, 0.2) is 0 Å². The van der Waals surface area contributed by atoms with Gasteiger partial charge < -0.3 is 15.6 Å². The molecule has 0 bridgehead atoms. The van der Waals surface area contributed by atoms with Gasteiger partial charge in [-0.2, -0.15) is 0 Å². The van der Waals surface area contributed by atoms with Gasteiger partial charge in [0.2, 0.25) is 0 Å². The fourth-order valence-electron chi connectivity index (χ4n) is 1.92. The minimum atomic E-state index is -1.28. The molecule has 1 heterocycles. The van der Waals surface area contributed by atoms with Crippen LogP contribution in [0.3, 0.4) is 0 Å². The van der Waals surface area contributed by atoms with E-state index >= 15 is 0 Å². The molecule has 0 radical (unpaired) electrons. The topological polar surface area (TPSA) is 92.9 Å². The summed E-state index contributed by atoms with van der Waals surface area (Å²) in [6, 6.07) is -0.330. The highest BCUT2D eigenvalue weighted by Gasteiger charge is 2.50. The molecule has 1 rings (SSSR count). The van der Waals surface area contributed by atoms with Gasteiger partial charge >= 0.3 is 12.1 Å². The summed E-state index contributed by atoms with van der Waals surface area (Å²) in [5.41, 5.74) is 3.80. The predicted octanol–water partition coefficient (Wildman–Crippen LogP) is 0.798. The number of nitrogens with two attached hydrogens (primary N) is 1. The highest BCUT2D eigenvalue weighted by atomic mass is 16.6. The fraction of sp³-hybridized carbons (Fsp3) is 0.818. The molecular weight excluding hydrogens is 224 g/mol. The number of rotatable bonds is 1. The molecule has 1 aliphatic rings. The lowest BCUT2D eigenvalue weighted by Gasteiger charge is -2.32. The van der Waals surface area contributed by atoms with E-state index in [1.165, 1.54) is 11.8 Å². The summed E-state index contributed by atoms with van der Waals surface area (Å²) in [5.74, 6) is -1.06. The molecule has 2 atom stereocenters. The average molecular weight is 244 g/mol. The normalized spacial score (nSPS) is 29.2. The third-order valence-electron chi connectivity index (χ3n) is 2.75. The van der Waals surface area contributed by atoms with Crippen molar-refractivity contribution in [1.29, 1.82) is 0 Å². The number of carboxylic acids is 1. The van der Waals surface area contributed by atoms with Gasteiger partial charge in [0.1, 0.15) is 11.1 Å². The molecule has 0 unspecified atom stereocenters. The molecule has 1 saturated heterocycles. The minimum Gasteiger partial charge on any atom is -0.480 e. The molecular formula is C11H20N2O4. The second-order valence-electron chi connectivity index (χ2n) is 5.63. The van der Waals surface area contributed by atoms with Crippen LogP contribution >= 0.6 is 0 Å². The van der Waals surface area contributed by atoms with E-state index in [4.69, 9.17) is 10.5 Å². The minimum absolute atomic E-state index is 0.206. The van der Waals surface area contributed by atoms with Gasteiger partial charge in [0.15, 0.2) is 0 Å². The first-order valence-electron chi connectivity index (χ1n) is 5.56. The molecule has 0 aromatic heterocycles. The third kappa shape index (κ3) is 2.88. The highest BCUT2D eigenvalue weighted by molar-refractivity contribution is 5.85. The number of carbonyl (C=O) groups excluding carboxylic acids is 1. The van der Waals surface area contributed by atoms with Crippen molar-refractivity contribution in [3.63, 3.8) is 0 Å². The third-order valence-corrected chi connectivity index (χ3v) is 2.75. The summed E-state index contributed by atoms with van der Waals surface area (Å²) < 4.78 is 5.18. The number of likely N-dealkylation sites (tertiary alicyclic amines) is 1. The molecule has 1 amide bonds. The Balaban J connectivity index is 2.88. The molecule has 0 aromatic rings. The van der Waals surface area contributed by atoms with Crippen LogP contribution in [0.5, 0.6) is 0 Å². The second kappa shape index (κ2) is 4.18. The van der Waals surface area contributed by atoms with Crippen molar-refractivity contribution in [1.82, 2.24) is 4.90 Å². The van der Waals surface area contributed by atoms with E-state index in [1.54, 1.807) is 20.8 Å². The number of hydrogen-bond acceptors (Lipinski definition) is 4. The summed E-state index contributed by atoms with van der Waals surface area (Å²) in [7, 11) is 0. The monoisotopic (exact) mass is 244 g/mol. The van der Waals surface area contributed by atoms with Crippen LogP contribution in [0.25, 0.3) is 0 Å². The van der Waals surface area contributed by atoms with Gasteiger partial charge in [0.05, 0.1) is 0 Å². The Morgan fingerprint density at radius 2 is 2.00 bits per heavy atom. The van der Waals surface area contributed by atoms with E-state index in [2.05, 4.69) is 0 Å². The maximum Gasteiger partial charge on any atom is 0.411 e. The largest absolute Gasteiger partial charge is 0.480 e. The number of amides is 1. The standard InChI is InChI=1S/C11H20N2O4/c1-10(2,3)17-9(16)13-6-7(12)5-11(13,4)8(14)15/h7H,5-6,12H2,1-4H3,(H,14,15)/t7-,11+/m0/s1. The summed E-state index contributed by atoms with van der Waals surface area (Å²) in [6.07, 6.45) is -0.392. The Labute approximate surface area is 101 Å². The van der Waals surface area contributed by atoms with Gasteiger partial charge in [0, 0.05) is 12.6 Å². The van der Waals surface area contributed by atoms with Crippen LogP contribution in [0, 0.1) is 0 Å². The van der Waals surface area contributed by atoms with Crippen molar-refractivity contribution in [3.05, 3.63) is 0 Å². The van der Waals surface area contributed by atoms with Crippen molar-refractivity contribution < 1.29 is 19.4 Å². The molecule has 17 heavy (non-hydrogen) atoms. The highest BCUT2D eigenvalue weighted by Crippen LogP contribution is 2.30. The van der Waals surface area contributed by atoms with Gasteiger partial charge in [-0.25, -0.2) is 9.59 Å². The van der Waals surface area contributed by atoms with Crippen LogP contribution in [0.2, 0.25) is 0 Å². The summed E-state index contributed by atoms with van der Waals surface area (Å²) in [4.78, 5) is 24.4. The SMILES string of the molecule is CC(C)(C)OC(=O)N1C[C@@H](N)C[C@]1(C)C(=O)O. The first kappa shape index (κ1) is 13.8. The lowest BCUT2D eigenvalue weighted by Crippen LogP contribution is -2.52. The maximum absolute atomic E-state index is 11.9. The van der Waals surface area contributed by atoms with Crippen molar-refractivity contribution in [2.75, 3.05) is 6.54 Å². The molecule has 0 aromatic carbocycles. The molecule has 0 saturated carbocycles. The van der Waals surface area contributed by atoms with Gasteiger partial charge in [-0.3, -0.25) is 4.90 Å². The Morgan fingerprint density at radius 3 is 2.41 bits per heavy atom. The maximum atomic E-state index is 11.9. The van der Waals surface area contributed by atoms with E-state index in [1.807, 2.05) is 0 Å². The first-order valence-corrected chi connectivity index (χ1v) is 5.56. The number of aliphatic carboxylic acids is 1. The number of carboxylic acid groups (broad SMARTS) is 1. The van der Waals surface area contributed by atoms with Gasteiger partial charge in [0.25, 0.3) is 0 Å². The number of nitrogens with zero attached hydrogens (tertiary/aromatic N) is 1. The second-order valence-corrected chi connectivity index (χ2v) is 5.63. The van der Waals surface area contributed by atoms with E-state index < -0.39 is 23.2 Å². The Kier molecular flexibility index (Phi) is 3.38. The lowest BCUT2D eigenvalue weighted by molar-refractivity contribution is -0.148. The van der Waals surface area contributed by atoms with Crippen molar-refractivity contribution >= 4 is 12.1 Å². The van der Waals surface area contributed by atoms with Crippen molar-refractivity contribution in [3.8, 4) is 0 Å². The fourth-order valence-corrected chi connectivity index (χ4v) is 1.92. The quantitative estimate of drug-likeness (QED) is 0.711. The van der Waals surface area contributed by atoms with E-state index in [-0.39, 0.29) is 19.0 Å².